The third-order valence-electron chi connectivity index (χ3n) is 3.50. The SMILES string of the molecule is Cc1ccc(/C=C/C(=O)NCc2c(C)cc(C)[nH]c2=O)c(Br)c1. The number of amides is 1. The van der Waals surface area contributed by atoms with E-state index in [9.17, 15) is 9.59 Å². The van der Waals surface area contributed by atoms with Crippen molar-refractivity contribution in [2.45, 2.75) is 27.3 Å². The van der Waals surface area contributed by atoms with Gasteiger partial charge in [-0.3, -0.25) is 9.59 Å². The maximum Gasteiger partial charge on any atom is 0.253 e. The lowest BCUT2D eigenvalue weighted by atomic mass is 10.1. The zero-order chi connectivity index (χ0) is 17.0. The molecule has 1 aromatic heterocycles. The Hall–Kier alpha value is -2.14. The van der Waals surface area contributed by atoms with Crippen molar-refractivity contribution < 1.29 is 4.79 Å². The van der Waals surface area contributed by atoms with Crippen molar-refractivity contribution >= 4 is 27.9 Å². The lowest BCUT2D eigenvalue weighted by Crippen LogP contribution is -2.26. The van der Waals surface area contributed by atoms with Crippen molar-refractivity contribution in [1.82, 2.24) is 10.3 Å². The van der Waals surface area contributed by atoms with E-state index in [1.165, 1.54) is 6.08 Å². The Balaban J connectivity index is 2.03. The molecule has 4 nitrogen and oxygen atoms in total. The summed E-state index contributed by atoms with van der Waals surface area (Å²) in [5.41, 5.74) is 4.17. The first-order chi connectivity index (χ1) is 10.9. The highest BCUT2D eigenvalue weighted by Crippen LogP contribution is 2.19. The Bertz CT molecular complexity index is 822. The van der Waals surface area contributed by atoms with E-state index < -0.39 is 0 Å². The van der Waals surface area contributed by atoms with Gasteiger partial charge in [-0.15, -0.1) is 0 Å². The molecule has 120 valence electrons. The number of aryl methyl sites for hydroxylation is 3. The van der Waals surface area contributed by atoms with Gasteiger partial charge in [0.15, 0.2) is 0 Å². The third-order valence-corrected chi connectivity index (χ3v) is 4.19. The van der Waals surface area contributed by atoms with E-state index in [0.29, 0.717) is 5.56 Å². The van der Waals surface area contributed by atoms with Gasteiger partial charge < -0.3 is 10.3 Å². The molecule has 0 radical (unpaired) electrons. The van der Waals surface area contributed by atoms with E-state index in [2.05, 4.69) is 26.2 Å². The minimum absolute atomic E-state index is 0.159. The monoisotopic (exact) mass is 374 g/mol. The van der Waals surface area contributed by atoms with Crippen LogP contribution in [0.2, 0.25) is 0 Å². The number of hydrogen-bond acceptors (Lipinski definition) is 2. The predicted octanol–water partition coefficient (Wildman–Crippen LogP) is 3.39. The number of aromatic amines is 1. The summed E-state index contributed by atoms with van der Waals surface area (Å²) < 4.78 is 0.937. The highest BCUT2D eigenvalue weighted by molar-refractivity contribution is 9.10. The molecule has 2 rings (SSSR count). The lowest BCUT2D eigenvalue weighted by Gasteiger charge is -2.06. The van der Waals surface area contributed by atoms with E-state index in [4.69, 9.17) is 0 Å². The van der Waals surface area contributed by atoms with E-state index in [1.807, 2.05) is 45.0 Å². The van der Waals surface area contributed by atoms with Crippen LogP contribution in [0.25, 0.3) is 6.08 Å². The van der Waals surface area contributed by atoms with Gasteiger partial charge in [-0.05, 0) is 55.7 Å². The van der Waals surface area contributed by atoms with E-state index in [1.54, 1.807) is 6.08 Å². The molecule has 2 N–H and O–H groups in total. The van der Waals surface area contributed by atoms with Gasteiger partial charge in [0.1, 0.15) is 0 Å². The maximum atomic E-state index is 11.9. The van der Waals surface area contributed by atoms with Gasteiger partial charge in [-0.1, -0.05) is 28.1 Å². The number of carbonyl (C=O) groups is 1. The number of pyridine rings is 1. The normalized spacial score (nSPS) is 11.0. The number of rotatable bonds is 4. The van der Waals surface area contributed by atoms with Crippen LogP contribution >= 0.6 is 15.9 Å². The Morgan fingerprint density at radius 1 is 1.26 bits per heavy atom. The van der Waals surface area contributed by atoms with Gasteiger partial charge in [0.25, 0.3) is 5.56 Å². The largest absolute Gasteiger partial charge is 0.348 e. The van der Waals surface area contributed by atoms with Crippen LogP contribution in [0.3, 0.4) is 0 Å². The van der Waals surface area contributed by atoms with E-state index in [0.717, 1.165) is 26.9 Å². The summed E-state index contributed by atoms with van der Waals surface area (Å²) >= 11 is 3.47. The summed E-state index contributed by atoms with van der Waals surface area (Å²) in [6.07, 6.45) is 3.21. The average Bonchev–Trinajstić information content (AvgIpc) is 2.45. The molecule has 0 aliphatic heterocycles. The molecule has 0 aliphatic carbocycles. The van der Waals surface area contributed by atoms with Crippen LogP contribution in [-0.2, 0) is 11.3 Å². The molecule has 2 aromatic rings. The quantitative estimate of drug-likeness (QED) is 0.805. The van der Waals surface area contributed by atoms with Gasteiger partial charge in [0, 0.05) is 28.4 Å². The molecule has 0 atom stereocenters. The van der Waals surface area contributed by atoms with Crippen LogP contribution in [0.1, 0.15) is 27.9 Å². The first-order valence-corrected chi connectivity index (χ1v) is 8.07. The molecule has 0 aliphatic rings. The van der Waals surface area contributed by atoms with Gasteiger partial charge in [-0.2, -0.15) is 0 Å². The number of aromatic nitrogens is 1. The molecule has 0 saturated carbocycles. The smallest absolute Gasteiger partial charge is 0.253 e. The molecule has 1 aromatic carbocycles. The molecule has 23 heavy (non-hydrogen) atoms. The molecule has 1 heterocycles. The predicted molar refractivity (Wildman–Crippen MR) is 96.3 cm³/mol. The molecular formula is C18H19BrN2O2. The van der Waals surface area contributed by atoms with Gasteiger partial charge in [-0.25, -0.2) is 0 Å². The van der Waals surface area contributed by atoms with Gasteiger partial charge in [0.05, 0.1) is 0 Å². The molecule has 0 spiro atoms. The fraction of sp³-hybridized carbons (Fsp3) is 0.222. The highest BCUT2D eigenvalue weighted by atomic mass is 79.9. The summed E-state index contributed by atoms with van der Waals surface area (Å²) in [6.45, 7) is 5.91. The molecule has 5 heteroatoms. The van der Waals surface area contributed by atoms with Gasteiger partial charge >= 0.3 is 0 Å². The number of benzene rings is 1. The minimum Gasteiger partial charge on any atom is -0.348 e. The molecule has 0 bridgehead atoms. The van der Waals surface area contributed by atoms with E-state index in [-0.39, 0.29) is 18.0 Å². The van der Waals surface area contributed by atoms with E-state index >= 15 is 0 Å². The minimum atomic E-state index is -0.239. The zero-order valence-electron chi connectivity index (χ0n) is 13.4. The van der Waals surface area contributed by atoms with Crippen LogP contribution in [0.15, 0.2) is 39.6 Å². The first kappa shape index (κ1) is 17.2. The Kier molecular flexibility index (Phi) is 5.55. The van der Waals surface area contributed by atoms with Crippen LogP contribution in [0, 0.1) is 20.8 Å². The van der Waals surface area contributed by atoms with Gasteiger partial charge in [0.2, 0.25) is 5.91 Å². The maximum absolute atomic E-state index is 11.9. The fourth-order valence-electron chi connectivity index (χ4n) is 2.27. The zero-order valence-corrected chi connectivity index (χ0v) is 15.0. The number of nitrogens with one attached hydrogen (secondary N) is 2. The third kappa shape index (κ3) is 4.66. The molecule has 0 fully saturated rings. The topological polar surface area (TPSA) is 62.0 Å². The second kappa shape index (κ2) is 7.42. The fourth-order valence-corrected chi connectivity index (χ4v) is 2.89. The van der Waals surface area contributed by atoms with Crippen molar-refractivity contribution in [3.63, 3.8) is 0 Å². The van der Waals surface area contributed by atoms with Crippen LogP contribution in [0.5, 0.6) is 0 Å². The van der Waals surface area contributed by atoms with Crippen molar-refractivity contribution in [2.24, 2.45) is 0 Å². The molecule has 0 unspecified atom stereocenters. The number of carbonyl (C=O) groups excluding carboxylic acids is 1. The summed E-state index contributed by atoms with van der Waals surface area (Å²) in [5, 5.41) is 2.74. The Morgan fingerprint density at radius 3 is 2.65 bits per heavy atom. The van der Waals surface area contributed by atoms with Crippen molar-refractivity contribution in [1.29, 1.82) is 0 Å². The number of hydrogen-bond donors (Lipinski definition) is 2. The second-order valence-electron chi connectivity index (χ2n) is 5.52. The Labute approximate surface area is 143 Å². The summed E-state index contributed by atoms with van der Waals surface area (Å²) in [6, 6.07) is 7.81. The van der Waals surface area contributed by atoms with Crippen molar-refractivity contribution in [2.75, 3.05) is 0 Å². The lowest BCUT2D eigenvalue weighted by molar-refractivity contribution is -0.116. The molecule has 0 saturated heterocycles. The molecular weight excluding hydrogens is 356 g/mol. The van der Waals surface area contributed by atoms with Crippen LogP contribution in [-0.4, -0.2) is 10.9 Å². The molecule has 1 amide bonds. The van der Waals surface area contributed by atoms with Crippen molar-refractivity contribution in [3.8, 4) is 0 Å². The second-order valence-corrected chi connectivity index (χ2v) is 6.37. The first-order valence-electron chi connectivity index (χ1n) is 7.28. The summed E-state index contributed by atoms with van der Waals surface area (Å²) in [5.74, 6) is -0.239. The van der Waals surface area contributed by atoms with Crippen molar-refractivity contribution in [3.05, 3.63) is 73.1 Å². The Morgan fingerprint density at radius 2 is 2.00 bits per heavy atom. The average molecular weight is 375 g/mol. The standard InChI is InChI=1S/C18H19BrN2O2/c1-11-4-5-14(16(19)8-11)6-7-17(22)20-10-15-12(2)9-13(3)21-18(15)23/h4-9H,10H2,1-3H3,(H,20,22)(H,21,23)/b7-6+. The highest BCUT2D eigenvalue weighted by Gasteiger charge is 2.06. The van der Waals surface area contributed by atoms with Crippen LogP contribution in [0.4, 0.5) is 0 Å². The summed E-state index contributed by atoms with van der Waals surface area (Å²) in [4.78, 5) is 26.6. The number of H-pyrrole nitrogens is 1. The van der Waals surface area contributed by atoms with Crippen LogP contribution < -0.4 is 10.9 Å². The number of halogens is 1. The summed E-state index contributed by atoms with van der Waals surface area (Å²) in [7, 11) is 0.